The molecule has 0 unspecified atom stereocenters. The van der Waals surface area contributed by atoms with E-state index < -0.39 is 28.1 Å². The Hall–Kier alpha value is -4.95. The number of carbonyl (C=O) groups is 2. The van der Waals surface area contributed by atoms with Crippen LogP contribution in [-0.2, 0) is 26.0 Å². The maximum absolute atomic E-state index is 13.0. The predicted octanol–water partition coefficient (Wildman–Crippen LogP) is 4.99. The van der Waals surface area contributed by atoms with E-state index in [9.17, 15) is 26.4 Å². The van der Waals surface area contributed by atoms with Crippen molar-refractivity contribution in [2.75, 3.05) is 6.61 Å². The zero-order valence-corrected chi connectivity index (χ0v) is 24.3. The molecular weight excluding hydrogens is 601 g/mol. The van der Waals surface area contributed by atoms with Crippen molar-refractivity contribution in [2.45, 2.75) is 31.3 Å². The van der Waals surface area contributed by atoms with E-state index in [-0.39, 0.29) is 17.3 Å². The molecule has 0 aliphatic rings. The van der Waals surface area contributed by atoms with Crippen molar-refractivity contribution in [3.8, 4) is 22.3 Å². The summed E-state index contributed by atoms with van der Waals surface area (Å²) >= 11 is 0. The molecule has 1 aromatic heterocycles. The van der Waals surface area contributed by atoms with Gasteiger partial charge in [-0.25, -0.2) is 23.1 Å². The van der Waals surface area contributed by atoms with Gasteiger partial charge in [0.1, 0.15) is 5.84 Å². The summed E-state index contributed by atoms with van der Waals surface area (Å²) < 4.78 is 61.3. The van der Waals surface area contributed by atoms with Crippen molar-refractivity contribution >= 4 is 27.8 Å². The number of aromatic nitrogens is 1. The lowest BCUT2D eigenvalue weighted by molar-refractivity contribution is -0.192. The molecular formula is C30H29F3N4O6S. The largest absolute Gasteiger partial charge is 0.490 e. The van der Waals surface area contributed by atoms with Crippen molar-refractivity contribution in [1.82, 2.24) is 4.98 Å². The highest BCUT2D eigenvalue weighted by Crippen LogP contribution is 2.33. The SMILES string of the molecule is CCOC(=O)c1c(-c2ccc(-c3cc(C)ccc3S(N)(=O)=O)cc2)c[nH]c1Cc1cccc(C(=N)N)c1.O=C(O)C(F)(F)F. The van der Waals surface area contributed by atoms with Crippen molar-refractivity contribution in [2.24, 2.45) is 10.9 Å². The van der Waals surface area contributed by atoms with E-state index in [1.807, 2.05) is 37.3 Å². The number of rotatable bonds is 8. The molecule has 3 aromatic carbocycles. The number of benzene rings is 3. The van der Waals surface area contributed by atoms with Gasteiger partial charge in [-0.05, 0) is 42.7 Å². The van der Waals surface area contributed by atoms with Gasteiger partial charge in [0.2, 0.25) is 10.0 Å². The van der Waals surface area contributed by atoms with Crippen molar-refractivity contribution in [3.63, 3.8) is 0 Å². The van der Waals surface area contributed by atoms with Crippen molar-refractivity contribution in [1.29, 1.82) is 5.41 Å². The Labute approximate surface area is 251 Å². The lowest BCUT2D eigenvalue weighted by Crippen LogP contribution is -2.21. The van der Waals surface area contributed by atoms with Gasteiger partial charge in [-0.15, -0.1) is 0 Å². The van der Waals surface area contributed by atoms with Crippen LogP contribution >= 0.6 is 0 Å². The second-order valence-electron chi connectivity index (χ2n) is 9.49. The number of halogens is 3. The monoisotopic (exact) mass is 630 g/mol. The Balaban J connectivity index is 0.000000676. The lowest BCUT2D eigenvalue weighted by atomic mass is 9.96. The number of nitrogens with one attached hydrogen (secondary N) is 2. The molecule has 0 bridgehead atoms. The average molecular weight is 631 g/mol. The third-order valence-corrected chi connectivity index (χ3v) is 7.22. The molecule has 14 heteroatoms. The molecule has 232 valence electrons. The first-order valence-electron chi connectivity index (χ1n) is 12.9. The molecule has 0 saturated carbocycles. The van der Waals surface area contributed by atoms with Crippen LogP contribution in [0.1, 0.15) is 39.7 Å². The van der Waals surface area contributed by atoms with E-state index in [2.05, 4.69) is 4.98 Å². The number of hydrogen-bond acceptors (Lipinski definition) is 6. The predicted molar refractivity (Wildman–Crippen MR) is 158 cm³/mol. The first-order valence-corrected chi connectivity index (χ1v) is 14.4. The summed E-state index contributed by atoms with van der Waals surface area (Å²) in [5, 5.41) is 20.2. The molecule has 0 fully saturated rings. The highest BCUT2D eigenvalue weighted by atomic mass is 32.2. The molecule has 4 rings (SSSR count). The summed E-state index contributed by atoms with van der Waals surface area (Å²) in [7, 11) is -3.91. The normalized spacial score (nSPS) is 11.3. The first kappa shape index (κ1) is 33.6. The number of aromatic amines is 1. The van der Waals surface area contributed by atoms with Crippen LogP contribution in [0.5, 0.6) is 0 Å². The number of amidine groups is 1. The molecule has 0 radical (unpaired) electrons. The van der Waals surface area contributed by atoms with Gasteiger partial charge in [-0.3, -0.25) is 5.41 Å². The summed E-state index contributed by atoms with van der Waals surface area (Å²) in [6.45, 7) is 3.86. The van der Waals surface area contributed by atoms with Gasteiger partial charge in [0.15, 0.2) is 0 Å². The van der Waals surface area contributed by atoms with Gasteiger partial charge in [0.25, 0.3) is 0 Å². The number of H-pyrrole nitrogens is 1. The number of carboxylic acid groups (broad SMARTS) is 1. The van der Waals surface area contributed by atoms with E-state index in [1.54, 1.807) is 43.5 Å². The average Bonchev–Trinajstić information content (AvgIpc) is 3.36. The fraction of sp³-hybridized carbons (Fsp3) is 0.167. The minimum atomic E-state index is -5.08. The molecule has 0 aliphatic carbocycles. The molecule has 0 saturated heterocycles. The number of esters is 1. The van der Waals surface area contributed by atoms with E-state index in [0.29, 0.717) is 39.9 Å². The zero-order chi connectivity index (χ0) is 32.8. The minimum Gasteiger partial charge on any atom is -0.475 e. The highest BCUT2D eigenvalue weighted by molar-refractivity contribution is 7.89. The van der Waals surface area contributed by atoms with E-state index >= 15 is 0 Å². The number of aryl methyl sites for hydroxylation is 1. The molecule has 1 heterocycles. The summed E-state index contributed by atoms with van der Waals surface area (Å²) in [6.07, 6.45) is -2.91. The standard InChI is InChI=1S/C28H28N4O4S.C2HF3O2/c1-3-36-28(33)26-23(16-32-24(26)15-18-5-4-6-21(14-18)27(29)30)20-10-8-19(9-11-20)22-13-17(2)7-12-25(22)37(31,34)35;3-2(4,5)1(6)7/h4-14,16,32H,3,15H2,1-2H3,(H3,29,30)(H2,31,34,35);(H,6,7). The Bertz CT molecular complexity index is 1800. The van der Waals surface area contributed by atoms with Crippen LogP contribution in [0, 0.1) is 12.3 Å². The maximum Gasteiger partial charge on any atom is 0.490 e. The number of nitrogens with two attached hydrogens (primary N) is 2. The first-order chi connectivity index (χ1) is 20.5. The molecule has 7 N–H and O–H groups in total. The lowest BCUT2D eigenvalue weighted by Gasteiger charge is -2.11. The van der Waals surface area contributed by atoms with Gasteiger partial charge in [-0.1, -0.05) is 60.2 Å². The highest BCUT2D eigenvalue weighted by Gasteiger charge is 2.38. The van der Waals surface area contributed by atoms with Crippen LogP contribution in [0.4, 0.5) is 13.2 Å². The van der Waals surface area contributed by atoms with E-state index in [1.165, 1.54) is 6.07 Å². The summed E-state index contributed by atoms with van der Waals surface area (Å²) in [5.74, 6) is -3.23. The van der Waals surface area contributed by atoms with E-state index in [0.717, 1.165) is 16.7 Å². The number of carboxylic acids is 1. The molecule has 44 heavy (non-hydrogen) atoms. The van der Waals surface area contributed by atoms with Gasteiger partial charge in [0, 0.05) is 35.0 Å². The topological polar surface area (TPSA) is 189 Å². The van der Waals surface area contributed by atoms with Crippen LogP contribution < -0.4 is 10.9 Å². The van der Waals surface area contributed by atoms with Crippen molar-refractivity contribution in [3.05, 3.63) is 101 Å². The Morgan fingerprint density at radius 1 is 1.00 bits per heavy atom. The van der Waals surface area contributed by atoms with Crippen LogP contribution in [0.3, 0.4) is 0 Å². The molecule has 0 aliphatic heterocycles. The number of ether oxygens (including phenoxy) is 1. The number of carbonyl (C=O) groups excluding carboxylic acids is 1. The van der Waals surface area contributed by atoms with Crippen LogP contribution in [0.2, 0.25) is 0 Å². The Morgan fingerprint density at radius 3 is 2.11 bits per heavy atom. The molecule has 4 aromatic rings. The third-order valence-electron chi connectivity index (χ3n) is 6.25. The smallest absolute Gasteiger partial charge is 0.475 e. The molecule has 0 amide bonds. The number of hydrogen-bond donors (Lipinski definition) is 5. The zero-order valence-electron chi connectivity index (χ0n) is 23.5. The van der Waals surface area contributed by atoms with Gasteiger partial charge in [-0.2, -0.15) is 13.2 Å². The Morgan fingerprint density at radius 2 is 1.59 bits per heavy atom. The van der Waals surface area contributed by atoms with E-state index in [4.69, 9.17) is 30.9 Å². The van der Waals surface area contributed by atoms with Crippen molar-refractivity contribution < 1.29 is 41.0 Å². The van der Waals surface area contributed by atoms with Crippen LogP contribution in [0.15, 0.2) is 77.8 Å². The minimum absolute atomic E-state index is 0.0288. The fourth-order valence-electron chi connectivity index (χ4n) is 4.27. The fourth-order valence-corrected chi connectivity index (χ4v) is 5.01. The number of alkyl halides is 3. The number of aliphatic carboxylic acids is 1. The maximum atomic E-state index is 13.0. The number of nitrogen functional groups attached to an aromatic ring is 1. The molecule has 0 spiro atoms. The quantitative estimate of drug-likeness (QED) is 0.103. The molecule has 10 nitrogen and oxygen atoms in total. The third kappa shape index (κ3) is 8.33. The van der Waals surface area contributed by atoms with Gasteiger partial charge in [0.05, 0.1) is 17.1 Å². The summed E-state index contributed by atoms with van der Waals surface area (Å²) in [5.41, 5.74) is 11.7. The van der Waals surface area contributed by atoms with Crippen LogP contribution in [-0.4, -0.2) is 49.1 Å². The summed E-state index contributed by atoms with van der Waals surface area (Å²) in [4.78, 5) is 25.1. The number of primary sulfonamides is 1. The van der Waals surface area contributed by atoms with Gasteiger partial charge >= 0.3 is 18.1 Å². The Kier molecular flexibility index (Phi) is 10.3. The van der Waals surface area contributed by atoms with Crippen LogP contribution in [0.25, 0.3) is 22.3 Å². The van der Waals surface area contributed by atoms with Gasteiger partial charge < -0.3 is 20.6 Å². The molecule has 0 atom stereocenters. The second-order valence-corrected chi connectivity index (χ2v) is 11.0. The number of sulfonamides is 1. The summed E-state index contributed by atoms with van der Waals surface area (Å²) in [6, 6.07) is 19.6. The second kappa shape index (κ2) is 13.6.